The predicted octanol–water partition coefficient (Wildman–Crippen LogP) is 2.05. The Bertz CT molecular complexity index is 1800. The Morgan fingerprint density at radius 3 is 2.38 bits per heavy atom. The summed E-state index contributed by atoms with van der Waals surface area (Å²) in [5.41, 5.74) is 9.18. The summed E-state index contributed by atoms with van der Waals surface area (Å²) >= 11 is 0. The molecule has 0 spiro atoms. The Morgan fingerprint density at radius 2 is 1.67 bits per heavy atom. The molecule has 2 saturated heterocycles. The number of terminal acetylenes is 1. The van der Waals surface area contributed by atoms with Gasteiger partial charge in [0.1, 0.15) is 12.6 Å². The highest BCUT2D eigenvalue weighted by atomic mass is 16.5. The summed E-state index contributed by atoms with van der Waals surface area (Å²) in [6, 6.07) is 9.32. The summed E-state index contributed by atoms with van der Waals surface area (Å²) in [4.78, 5) is 38.4. The van der Waals surface area contributed by atoms with Crippen LogP contribution < -0.4 is 20.9 Å². The molecule has 4 aromatic rings. The Morgan fingerprint density at radius 1 is 0.982 bits per heavy atom. The fourth-order valence-electron chi connectivity index (χ4n) is 6.51. The Labute approximate surface area is 322 Å². The van der Waals surface area contributed by atoms with Crippen LogP contribution in [0.1, 0.15) is 43.7 Å². The number of aromatic nitrogens is 7. The van der Waals surface area contributed by atoms with Gasteiger partial charge in [0.15, 0.2) is 0 Å². The van der Waals surface area contributed by atoms with Gasteiger partial charge in [0.25, 0.3) is 0 Å². The number of fused-ring (bicyclic) bond motifs is 1. The largest absolute Gasteiger partial charge is 0.378 e. The Kier molecular flexibility index (Phi) is 14.6. The molecule has 0 aliphatic carbocycles. The van der Waals surface area contributed by atoms with Gasteiger partial charge in [-0.15, -0.1) is 11.5 Å². The normalized spacial score (nSPS) is 16.6. The molecule has 0 radical (unpaired) electrons. The molecule has 0 bridgehead atoms. The number of carbonyl (C=O) groups is 1. The van der Waals surface area contributed by atoms with E-state index < -0.39 is 6.04 Å². The monoisotopic (exact) mass is 758 g/mol. The first-order valence-electron chi connectivity index (χ1n) is 19.2. The zero-order chi connectivity index (χ0) is 38.4. The van der Waals surface area contributed by atoms with Crippen LogP contribution in [0.4, 0.5) is 17.8 Å². The summed E-state index contributed by atoms with van der Waals surface area (Å²) in [6.45, 7) is 11.9. The first-order valence-corrected chi connectivity index (χ1v) is 19.2. The number of H-pyrrole nitrogens is 1. The van der Waals surface area contributed by atoms with Crippen LogP contribution in [0.3, 0.4) is 0 Å². The van der Waals surface area contributed by atoms with Crippen LogP contribution in [-0.4, -0.2) is 144 Å². The van der Waals surface area contributed by atoms with E-state index in [4.69, 9.17) is 46.1 Å². The molecule has 3 atom stereocenters. The van der Waals surface area contributed by atoms with Crippen molar-refractivity contribution in [2.75, 3.05) is 114 Å². The third kappa shape index (κ3) is 10.9. The average molecular weight is 759 g/mol. The molecule has 2 fully saturated rings. The van der Waals surface area contributed by atoms with E-state index in [-0.39, 0.29) is 24.5 Å². The summed E-state index contributed by atoms with van der Waals surface area (Å²) in [6.07, 6.45) is 8.36. The topological polar surface area (TPSA) is 187 Å². The zero-order valence-corrected chi connectivity index (χ0v) is 31.9. The molecular formula is C38H54N12O5. The molecule has 296 valence electrons. The third-order valence-corrected chi connectivity index (χ3v) is 9.97. The van der Waals surface area contributed by atoms with Gasteiger partial charge in [-0.2, -0.15) is 15.0 Å². The minimum atomic E-state index is -0.604. The number of carbonyl (C=O) groups excluding carboxylic acids is 1. The lowest BCUT2D eigenvalue weighted by Gasteiger charge is -2.36. The number of nitrogens with zero attached hydrogens (tertiary/aromatic N) is 9. The number of para-hydroxylation sites is 1. The van der Waals surface area contributed by atoms with Crippen LogP contribution >= 0.6 is 0 Å². The number of nitrogens with one attached hydrogen (secondary N) is 2. The van der Waals surface area contributed by atoms with E-state index in [0.29, 0.717) is 122 Å². The summed E-state index contributed by atoms with van der Waals surface area (Å²) in [7, 11) is 0. The fraction of sp³-hybridized carbons (Fsp3) is 0.579. The van der Waals surface area contributed by atoms with Crippen molar-refractivity contribution in [2.24, 2.45) is 11.7 Å². The minimum Gasteiger partial charge on any atom is -0.378 e. The van der Waals surface area contributed by atoms with Crippen LogP contribution in [0.15, 0.2) is 36.5 Å². The lowest BCUT2D eigenvalue weighted by molar-refractivity contribution is -0.135. The molecule has 3 aromatic heterocycles. The standard InChI is InChI=1S/C38H54N12O5/c1-4-17-52-21-23-55-24-22-53-18-10-40-36-42-37(44-38(43-36)49-15-19-54-20-16-49)48-13-11-47(12-14-48)35(51)33(26-30-25-29-8-6-7-9-31(29)41-30)50-27-32(45-46-50)34(39)28(3)5-2/h1,6-9,25,27-28,33-34,41H,5,10-24,26,39H2,2-3H3,(H,40,42,43,44)/t28?,33-,34-/m0/s1. The molecule has 55 heavy (non-hydrogen) atoms. The maximum absolute atomic E-state index is 14.4. The number of hydrogen-bond donors (Lipinski definition) is 3. The van der Waals surface area contributed by atoms with Crippen molar-refractivity contribution in [3.05, 3.63) is 47.9 Å². The van der Waals surface area contributed by atoms with E-state index in [0.717, 1.165) is 23.0 Å². The Balaban J connectivity index is 1.10. The smallest absolute Gasteiger partial charge is 0.248 e. The van der Waals surface area contributed by atoms with Gasteiger partial charge >= 0.3 is 0 Å². The molecule has 2 aliphatic rings. The third-order valence-electron chi connectivity index (χ3n) is 9.97. The van der Waals surface area contributed by atoms with E-state index in [1.165, 1.54) is 0 Å². The number of anilines is 3. The minimum absolute atomic E-state index is 0.0264. The van der Waals surface area contributed by atoms with Crippen molar-refractivity contribution in [1.82, 2.24) is 39.8 Å². The average Bonchev–Trinajstić information content (AvgIpc) is 3.89. The maximum Gasteiger partial charge on any atom is 0.248 e. The number of nitrogens with two attached hydrogens (primary N) is 1. The van der Waals surface area contributed by atoms with Crippen molar-refractivity contribution >= 4 is 34.7 Å². The van der Waals surface area contributed by atoms with E-state index >= 15 is 0 Å². The van der Waals surface area contributed by atoms with Crippen LogP contribution in [0, 0.1) is 18.3 Å². The lowest BCUT2D eigenvalue weighted by atomic mass is 9.98. The zero-order valence-electron chi connectivity index (χ0n) is 31.9. The fourth-order valence-corrected chi connectivity index (χ4v) is 6.51. The van der Waals surface area contributed by atoms with E-state index in [1.54, 1.807) is 4.68 Å². The molecule has 5 heterocycles. The number of aromatic amines is 1. The number of benzene rings is 1. The van der Waals surface area contributed by atoms with Gasteiger partial charge in [0.2, 0.25) is 23.8 Å². The van der Waals surface area contributed by atoms with Gasteiger partial charge in [-0.3, -0.25) is 4.79 Å². The molecule has 6 rings (SSSR count). The second kappa shape index (κ2) is 20.2. The van der Waals surface area contributed by atoms with Crippen molar-refractivity contribution in [3.63, 3.8) is 0 Å². The first-order chi connectivity index (χ1) is 26.9. The quantitative estimate of drug-likeness (QED) is 0.0878. The maximum atomic E-state index is 14.4. The molecule has 1 unspecified atom stereocenters. The SMILES string of the molecule is C#CCOCCOCCOCCNc1nc(N2CCOCC2)nc(N2CCN(C(=O)[C@H](Cc3cc4ccccc4[nH]3)n3cc([C@@H](N)C(C)CC)nn3)CC2)n1. The van der Waals surface area contributed by atoms with E-state index in [9.17, 15) is 4.79 Å². The van der Waals surface area contributed by atoms with Crippen molar-refractivity contribution in [2.45, 2.75) is 38.8 Å². The Hall–Kier alpha value is -4.86. The molecule has 2 aliphatic heterocycles. The summed E-state index contributed by atoms with van der Waals surface area (Å²) < 4.78 is 23.7. The van der Waals surface area contributed by atoms with E-state index in [2.05, 4.69) is 62.3 Å². The van der Waals surface area contributed by atoms with Crippen molar-refractivity contribution in [1.29, 1.82) is 0 Å². The van der Waals surface area contributed by atoms with Gasteiger partial charge in [0, 0.05) is 63.4 Å². The number of piperazine rings is 1. The number of morpholine rings is 1. The van der Waals surface area contributed by atoms with Crippen LogP contribution in [0.25, 0.3) is 10.9 Å². The predicted molar refractivity (Wildman–Crippen MR) is 209 cm³/mol. The van der Waals surface area contributed by atoms with Gasteiger partial charge in [-0.25, -0.2) is 4.68 Å². The number of hydrogen-bond acceptors (Lipinski definition) is 14. The summed E-state index contributed by atoms with van der Waals surface area (Å²) in [5, 5.41) is 13.3. The number of rotatable bonds is 20. The van der Waals surface area contributed by atoms with Gasteiger partial charge in [-0.1, -0.05) is 49.6 Å². The molecular weight excluding hydrogens is 704 g/mol. The van der Waals surface area contributed by atoms with Crippen molar-refractivity contribution in [3.8, 4) is 12.3 Å². The van der Waals surface area contributed by atoms with Crippen LogP contribution in [-0.2, 0) is 30.2 Å². The first kappa shape index (κ1) is 39.8. The molecule has 0 saturated carbocycles. The molecule has 1 amide bonds. The van der Waals surface area contributed by atoms with E-state index in [1.807, 2.05) is 29.3 Å². The second-order valence-electron chi connectivity index (χ2n) is 13.7. The second-order valence-corrected chi connectivity index (χ2v) is 13.7. The number of ether oxygens (including phenoxy) is 4. The highest BCUT2D eigenvalue weighted by Gasteiger charge is 2.32. The number of amides is 1. The highest BCUT2D eigenvalue weighted by molar-refractivity contribution is 5.83. The lowest BCUT2D eigenvalue weighted by Crippen LogP contribution is -2.51. The molecule has 17 heteroatoms. The molecule has 1 aromatic carbocycles. The van der Waals surface area contributed by atoms with Gasteiger partial charge < -0.3 is 49.7 Å². The molecule has 17 nitrogen and oxygen atoms in total. The van der Waals surface area contributed by atoms with Gasteiger partial charge in [0.05, 0.1) is 64.2 Å². The van der Waals surface area contributed by atoms with Gasteiger partial charge in [-0.05, 0) is 23.4 Å². The highest BCUT2D eigenvalue weighted by Crippen LogP contribution is 2.26. The van der Waals surface area contributed by atoms with Crippen LogP contribution in [0.2, 0.25) is 0 Å². The van der Waals surface area contributed by atoms with Crippen LogP contribution in [0.5, 0.6) is 0 Å². The summed E-state index contributed by atoms with van der Waals surface area (Å²) in [5.74, 6) is 4.24. The van der Waals surface area contributed by atoms with Crippen molar-refractivity contribution < 1.29 is 23.7 Å². The molecule has 4 N–H and O–H groups in total.